The third-order valence-electron chi connectivity index (χ3n) is 6.12. The van der Waals surface area contributed by atoms with Gasteiger partial charge in [-0.15, -0.1) is 0 Å². The molecule has 2 aliphatic heterocycles. The van der Waals surface area contributed by atoms with Crippen molar-refractivity contribution in [1.29, 1.82) is 0 Å². The molecule has 1 fully saturated rings. The zero-order chi connectivity index (χ0) is 25.8. The van der Waals surface area contributed by atoms with Crippen LogP contribution in [0.15, 0.2) is 59.0 Å². The normalized spacial score (nSPS) is 16.7. The van der Waals surface area contributed by atoms with E-state index in [4.69, 9.17) is 30.2 Å². The van der Waals surface area contributed by atoms with Crippen LogP contribution in [0, 0.1) is 0 Å². The molecule has 5 rings (SSSR count). The highest BCUT2D eigenvalue weighted by Gasteiger charge is 2.28. The average molecular weight is 525 g/mol. The molecule has 3 aromatic rings. The first-order valence-electron chi connectivity index (χ1n) is 11.9. The number of ketones is 1. The van der Waals surface area contributed by atoms with Gasteiger partial charge in [0.05, 0.1) is 18.3 Å². The minimum atomic E-state index is -0.343. The van der Waals surface area contributed by atoms with Gasteiger partial charge in [-0.3, -0.25) is 19.3 Å². The molecule has 0 bridgehead atoms. The first kappa shape index (κ1) is 24.9. The fraction of sp³-hybridized carbons (Fsp3) is 0.296. The van der Waals surface area contributed by atoms with Crippen molar-refractivity contribution in [1.82, 2.24) is 5.32 Å². The number of carbonyl (C=O) groups is 3. The van der Waals surface area contributed by atoms with E-state index < -0.39 is 0 Å². The molecule has 0 saturated carbocycles. The molecule has 0 aliphatic carbocycles. The summed E-state index contributed by atoms with van der Waals surface area (Å²) in [6, 6.07) is 14.8. The molecule has 0 spiro atoms. The molecule has 1 aromatic heterocycles. The quantitative estimate of drug-likeness (QED) is 0.421. The smallest absolute Gasteiger partial charge is 0.287 e. The van der Waals surface area contributed by atoms with Gasteiger partial charge in [-0.2, -0.15) is 0 Å². The summed E-state index contributed by atoms with van der Waals surface area (Å²) in [6.45, 7) is 0.881. The topological polar surface area (TPSA) is 107 Å². The number of halogens is 1. The van der Waals surface area contributed by atoms with Crippen molar-refractivity contribution in [3.63, 3.8) is 0 Å². The van der Waals surface area contributed by atoms with Gasteiger partial charge in [-0.05, 0) is 67.4 Å². The van der Waals surface area contributed by atoms with E-state index in [9.17, 15) is 14.4 Å². The summed E-state index contributed by atoms with van der Waals surface area (Å²) in [4.78, 5) is 39.4. The predicted octanol–water partition coefficient (Wildman–Crippen LogP) is 4.03. The molecule has 37 heavy (non-hydrogen) atoms. The molecule has 1 saturated heterocycles. The minimum absolute atomic E-state index is 0.0225. The lowest BCUT2D eigenvalue weighted by Gasteiger charge is -2.29. The summed E-state index contributed by atoms with van der Waals surface area (Å²) in [5.74, 6) is 0.654. The van der Waals surface area contributed by atoms with Gasteiger partial charge in [0, 0.05) is 23.7 Å². The average Bonchev–Trinajstić information content (AvgIpc) is 3.61. The second kappa shape index (κ2) is 11.1. The van der Waals surface area contributed by atoms with Gasteiger partial charge in [0.1, 0.15) is 17.3 Å². The maximum absolute atomic E-state index is 12.8. The molecule has 2 amide bonds. The Balaban J connectivity index is 1.25. The van der Waals surface area contributed by atoms with Gasteiger partial charge in [0.25, 0.3) is 11.8 Å². The lowest BCUT2D eigenvalue weighted by Crippen LogP contribution is -2.38. The number of fused-ring (bicyclic) bond motifs is 1. The molecule has 3 heterocycles. The van der Waals surface area contributed by atoms with E-state index in [0.717, 1.165) is 12.8 Å². The van der Waals surface area contributed by atoms with Crippen molar-refractivity contribution in [2.45, 2.75) is 25.5 Å². The molecule has 10 heteroatoms. The number of Topliss-reactive ketones (excluding diaryl/α,β-unsaturated/α-hetero) is 1. The number of ether oxygens (including phenoxy) is 3. The third kappa shape index (κ3) is 5.95. The standard InChI is InChI=1S/C27H25ClN2O7/c28-18-4-6-19(7-5-18)35-15-23(31)17-3-9-24-22(12-17)30(26(32)16-36-24)14-21-8-10-25(37-21)27(33)29-13-20-2-1-11-34-20/h3-10,12,20H,1-2,11,13-16H2,(H,29,33)/t20-/m0/s1. The fourth-order valence-electron chi connectivity index (χ4n) is 4.15. The fourth-order valence-corrected chi connectivity index (χ4v) is 4.28. The third-order valence-corrected chi connectivity index (χ3v) is 6.37. The first-order valence-corrected chi connectivity index (χ1v) is 12.3. The monoisotopic (exact) mass is 524 g/mol. The summed E-state index contributed by atoms with van der Waals surface area (Å²) in [5.41, 5.74) is 0.805. The summed E-state index contributed by atoms with van der Waals surface area (Å²) in [7, 11) is 0. The van der Waals surface area contributed by atoms with Crippen LogP contribution >= 0.6 is 11.6 Å². The Labute approximate surface area is 218 Å². The van der Waals surface area contributed by atoms with E-state index in [2.05, 4.69) is 5.32 Å². The molecule has 2 aromatic carbocycles. The Bertz CT molecular complexity index is 1300. The van der Waals surface area contributed by atoms with E-state index in [1.807, 2.05) is 0 Å². The second-order valence-electron chi connectivity index (χ2n) is 8.73. The summed E-state index contributed by atoms with van der Waals surface area (Å²) in [6.07, 6.45) is 1.93. The highest BCUT2D eigenvalue weighted by Crippen LogP contribution is 2.34. The van der Waals surface area contributed by atoms with Crippen LogP contribution in [0.25, 0.3) is 0 Å². The molecule has 0 radical (unpaired) electrons. The maximum atomic E-state index is 12.8. The zero-order valence-electron chi connectivity index (χ0n) is 19.9. The molecule has 1 N–H and O–H groups in total. The number of nitrogens with zero attached hydrogens (tertiary/aromatic N) is 1. The van der Waals surface area contributed by atoms with Crippen molar-refractivity contribution in [3.8, 4) is 11.5 Å². The predicted molar refractivity (Wildman–Crippen MR) is 134 cm³/mol. The number of anilines is 1. The SMILES string of the molecule is O=C(COc1ccc(Cl)cc1)c1ccc2c(c1)N(Cc1ccc(C(=O)NC[C@@H]3CCCO3)o1)C(=O)CO2. The number of amides is 2. The Morgan fingerprint density at radius 3 is 2.73 bits per heavy atom. The number of furan rings is 1. The van der Waals surface area contributed by atoms with Crippen LogP contribution < -0.4 is 19.7 Å². The first-order chi connectivity index (χ1) is 18.0. The van der Waals surface area contributed by atoms with Crippen LogP contribution in [0.4, 0.5) is 5.69 Å². The molecule has 9 nitrogen and oxygen atoms in total. The number of nitrogens with one attached hydrogen (secondary N) is 1. The van der Waals surface area contributed by atoms with Crippen molar-refractivity contribution in [3.05, 3.63) is 76.7 Å². The zero-order valence-corrected chi connectivity index (χ0v) is 20.7. The van der Waals surface area contributed by atoms with E-state index in [1.165, 1.54) is 4.90 Å². The van der Waals surface area contributed by atoms with Crippen molar-refractivity contribution < 1.29 is 33.0 Å². The van der Waals surface area contributed by atoms with Crippen LogP contribution in [0.1, 0.15) is 39.5 Å². The lowest BCUT2D eigenvalue weighted by molar-refractivity contribution is -0.121. The van der Waals surface area contributed by atoms with Crippen molar-refractivity contribution in [2.75, 3.05) is 31.3 Å². The number of hydrogen-bond donors (Lipinski definition) is 1. The maximum Gasteiger partial charge on any atom is 0.287 e. The van der Waals surface area contributed by atoms with Crippen LogP contribution in [0.3, 0.4) is 0 Å². The van der Waals surface area contributed by atoms with Gasteiger partial charge < -0.3 is 23.9 Å². The van der Waals surface area contributed by atoms with Gasteiger partial charge in [0.15, 0.2) is 24.8 Å². The lowest BCUT2D eigenvalue weighted by atomic mass is 10.1. The van der Waals surface area contributed by atoms with Gasteiger partial charge >= 0.3 is 0 Å². The van der Waals surface area contributed by atoms with E-state index in [1.54, 1.807) is 54.6 Å². The Morgan fingerprint density at radius 2 is 1.95 bits per heavy atom. The van der Waals surface area contributed by atoms with Gasteiger partial charge in [-0.25, -0.2) is 0 Å². The van der Waals surface area contributed by atoms with Crippen LogP contribution in [0.5, 0.6) is 11.5 Å². The number of benzene rings is 2. The van der Waals surface area contributed by atoms with E-state index >= 15 is 0 Å². The number of carbonyl (C=O) groups excluding carboxylic acids is 3. The van der Waals surface area contributed by atoms with Crippen molar-refractivity contribution in [2.24, 2.45) is 0 Å². The van der Waals surface area contributed by atoms with Crippen LogP contribution in [-0.4, -0.2) is 50.1 Å². The summed E-state index contributed by atoms with van der Waals surface area (Å²) >= 11 is 5.88. The molecule has 192 valence electrons. The largest absolute Gasteiger partial charge is 0.485 e. The van der Waals surface area contributed by atoms with Crippen LogP contribution in [-0.2, 0) is 16.1 Å². The Hall–Kier alpha value is -3.82. The number of rotatable bonds is 9. The highest BCUT2D eigenvalue weighted by atomic mass is 35.5. The van der Waals surface area contributed by atoms with Crippen molar-refractivity contribution >= 4 is 34.9 Å². The minimum Gasteiger partial charge on any atom is -0.485 e. The number of hydrogen-bond acceptors (Lipinski definition) is 7. The summed E-state index contributed by atoms with van der Waals surface area (Å²) in [5, 5.41) is 3.39. The molecule has 1 atom stereocenters. The molecular weight excluding hydrogens is 500 g/mol. The Morgan fingerprint density at radius 1 is 1.11 bits per heavy atom. The molecule has 2 aliphatic rings. The highest BCUT2D eigenvalue weighted by molar-refractivity contribution is 6.30. The van der Waals surface area contributed by atoms with Gasteiger partial charge in [0.2, 0.25) is 0 Å². The Kier molecular flexibility index (Phi) is 7.43. The van der Waals surface area contributed by atoms with Gasteiger partial charge in [-0.1, -0.05) is 11.6 Å². The molecular formula is C27H25ClN2O7. The van der Waals surface area contributed by atoms with Crippen LogP contribution in [0.2, 0.25) is 5.02 Å². The van der Waals surface area contributed by atoms with E-state index in [-0.39, 0.29) is 49.2 Å². The van der Waals surface area contributed by atoms with E-state index in [0.29, 0.717) is 46.7 Å². The summed E-state index contributed by atoms with van der Waals surface area (Å²) < 4.78 is 22.3. The molecule has 0 unspecified atom stereocenters. The second-order valence-corrected chi connectivity index (χ2v) is 9.16.